The third-order valence-electron chi connectivity index (χ3n) is 2.52. The number of carboxylic acids is 1. The summed E-state index contributed by atoms with van der Waals surface area (Å²) in [4.78, 5) is 10.5. The van der Waals surface area contributed by atoms with E-state index in [2.05, 4.69) is 0 Å². The van der Waals surface area contributed by atoms with Crippen molar-refractivity contribution in [3.05, 3.63) is 0 Å². The number of carbonyl (C=O) groups is 1. The van der Waals surface area contributed by atoms with Gasteiger partial charge in [-0.05, 0) is 31.6 Å². The van der Waals surface area contributed by atoms with E-state index in [1.807, 2.05) is 0 Å². The first-order valence-electron chi connectivity index (χ1n) is 4.59. The number of carboxylic acid groups (broad SMARTS) is 1. The molecule has 0 aromatic rings. The Bertz CT molecular complexity index is 161. The van der Waals surface area contributed by atoms with Crippen LogP contribution in [0.15, 0.2) is 0 Å². The Morgan fingerprint density at radius 3 is 2.38 bits per heavy atom. The maximum Gasteiger partial charge on any atom is 1.00 e. The molecule has 3 nitrogen and oxygen atoms in total. The molecule has 0 bridgehead atoms. The van der Waals surface area contributed by atoms with Crippen LogP contribution < -0.4 is 34.7 Å². The van der Waals surface area contributed by atoms with Crippen molar-refractivity contribution in [1.82, 2.24) is 0 Å². The van der Waals surface area contributed by atoms with E-state index in [0.717, 1.165) is 25.7 Å². The smallest absolute Gasteiger partial charge is 0.550 e. The summed E-state index contributed by atoms with van der Waals surface area (Å²) in [5, 5.41) is 19.8. The second-order valence-corrected chi connectivity index (χ2v) is 3.53. The van der Waals surface area contributed by atoms with Crippen molar-refractivity contribution in [2.45, 2.75) is 44.6 Å². The molecule has 1 N–H and O–H groups in total. The van der Waals surface area contributed by atoms with Crippen molar-refractivity contribution in [3.63, 3.8) is 0 Å². The molecule has 13 heavy (non-hydrogen) atoms. The first-order valence-corrected chi connectivity index (χ1v) is 4.59. The Balaban J connectivity index is 0.00000144. The molecule has 0 amide bonds. The molecule has 1 aliphatic carbocycles. The summed E-state index contributed by atoms with van der Waals surface area (Å²) in [6, 6.07) is 0. The number of rotatable bonds is 1. The minimum absolute atomic E-state index is 0. The number of hydrogen-bond acceptors (Lipinski definition) is 3. The molecule has 0 aromatic carbocycles. The van der Waals surface area contributed by atoms with Crippen molar-refractivity contribution < 1.29 is 44.6 Å². The van der Waals surface area contributed by atoms with Gasteiger partial charge in [0.25, 0.3) is 0 Å². The Morgan fingerprint density at radius 1 is 1.15 bits per heavy atom. The van der Waals surface area contributed by atoms with Crippen LogP contribution in [0.2, 0.25) is 0 Å². The quantitative estimate of drug-likeness (QED) is 0.455. The summed E-state index contributed by atoms with van der Waals surface area (Å²) < 4.78 is 0. The topological polar surface area (TPSA) is 60.4 Å². The molecule has 2 unspecified atom stereocenters. The molecule has 1 fully saturated rings. The van der Waals surface area contributed by atoms with Crippen LogP contribution in [0.4, 0.5) is 0 Å². The van der Waals surface area contributed by atoms with E-state index < -0.39 is 5.97 Å². The van der Waals surface area contributed by atoms with Gasteiger partial charge in [-0.15, -0.1) is 0 Å². The average Bonchev–Trinajstić information content (AvgIpc) is 1.97. The molecule has 0 saturated heterocycles. The number of aliphatic hydroxyl groups excluding tert-OH is 1. The molecule has 0 spiro atoms. The van der Waals surface area contributed by atoms with Crippen LogP contribution >= 0.6 is 0 Å². The van der Waals surface area contributed by atoms with Gasteiger partial charge in [0.15, 0.2) is 0 Å². The molecule has 4 heteroatoms. The maximum atomic E-state index is 10.5. The zero-order valence-corrected chi connectivity index (χ0v) is 10.2. The third-order valence-corrected chi connectivity index (χ3v) is 2.52. The minimum Gasteiger partial charge on any atom is -0.550 e. The Hall–Kier alpha value is 0.430. The standard InChI is InChI=1S/C9H16O3.Na/c10-8-4-2-1-3-7(5-6-8)9(11)12;/h7-8,10H,1-6H2,(H,11,12);/q;+1/p-1. The van der Waals surface area contributed by atoms with E-state index in [9.17, 15) is 15.0 Å². The van der Waals surface area contributed by atoms with Crippen molar-refractivity contribution >= 4 is 5.97 Å². The Labute approximate surface area is 101 Å². The summed E-state index contributed by atoms with van der Waals surface area (Å²) in [6.45, 7) is 0. The van der Waals surface area contributed by atoms with Crippen LogP contribution in [0.1, 0.15) is 38.5 Å². The monoisotopic (exact) mass is 194 g/mol. The van der Waals surface area contributed by atoms with Gasteiger partial charge < -0.3 is 15.0 Å². The Morgan fingerprint density at radius 2 is 1.77 bits per heavy atom. The van der Waals surface area contributed by atoms with Crippen LogP contribution in [-0.4, -0.2) is 17.2 Å². The van der Waals surface area contributed by atoms with Crippen molar-refractivity contribution in [2.75, 3.05) is 0 Å². The maximum absolute atomic E-state index is 10.5. The molecule has 1 rings (SSSR count). The molecular formula is C9H15NaO3. The molecule has 2 atom stereocenters. The van der Waals surface area contributed by atoms with Crippen molar-refractivity contribution in [1.29, 1.82) is 0 Å². The van der Waals surface area contributed by atoms with Gasteiger partial charge in [0, 0.05) is 5.97 Å². The summed E-state index contributed by atoms with van der Waals surface area (Å²) >= 11 is 0. The van der Waals surface area contributed by atoms with E-state index in [1.54, 1.807) is 0 Å². The van der Waals surface area contributed by atoms with E-state index in [4.69, 9.17) is 0 Å². The zero-order valence-electron chi connectivity index (χ0n) is 8.16. The number of carbonyl (C=O) groups excluding carboxylic acids is 1. The Kier molecular flexibility index (Phi) is 7.05. The van der Waals surface area contributed by atoms with Crippen LogP contribution in [0.5, 0.6) is 0 Å². The van der Waals surface area contributed by atoms with Gasteiger partial charge in [-0.25, -0.2) is 0 Å². The zero-order chi connectivity index (χ0) is 8.97. The number of hydrogen-bond donors (Lipinski definition) is 1. The fraction of sp³-hybridized carbons (Fsp3) is 0.889. The fourth-order valence-corrected chi connectivity index (χ4v) is 1.69. The third kappa shape index (κ3) is 5.01. The van der Waals surface area contributed by atoms with E-state index in [-0.39, 0.29) is 41.6 Å². The van der Waals surface area contributed by atoms with Gasteiger partial charge >= 0.3 is 29.6 Å². The molecule has 0 aromatic heterocycles. The van der Waals surface area contributed by atoms with E-state index in [0.29, 0.717) is 12.8 Å². The van der Waals surface area contributed by atoms with Crippen LogP contribution in [0.25, 0.3) is 0 Å². The van der Waals surface area contributed by atoms with Gasteiger partial charge in [0.2, 0.25) is 0 Å². The van der Waals surface area contributed by atoms with Crippen LogP contribution in [0.3, 0.4) is 0 Å². The number of aliphatic hydroxyl groups is 1. The first kappa shape index (κ1) is 13.4. The summed E-state index contributed by atoms with van der Waals surface area (Å²) in [7, 11) is 0. The molecule has 70 valence electrons. The molecule has 0 heterocycles. The normalized spacial score (nSPS) is 29.6. The van der Waals surface area contributed by atoms with E-state index >= 15 is 0 Å². The molecule has 1 saturated carbocycles. The van der Waals surface area contributed by atoms with Crippen molar-refractivity contribution in [3.8, 4) is 0 Å². The van der Waals surface area contributed by atoms with Crippen LogP contribution in [-0.2, 0) is 4.79 Å². The SMILES string of the molecule is O=C([O-])C1CCCCC(O)CC1.[Na+]. The molecule has 1 aliphatic rings. The second-order valence-electron chi connectivity index (χ2n) is 3.53. The van der Waals surface area contributed by atoms with Gasteiger partial charge in [-0.3, -0.25) is 0 Å². The predicted octanol–water partition coefficient (Wildman–Crippen LogP) is -2.93. The average molecular weight is 194 g/mol. The fourth-order valence-electron chi connectivity index (χ4n) is 1.69. The second kappa shape index (κ2) is 6.82. The van der Waals surface area contributed by atoms with Gasteiger partial charge in [0.05, 0.1) is 6.10 Å². The van der Waals surface area contributed by atoms with Crippen LogP contribution in [0, 0.1) is 5.92 Å². The predicted molar refractivity (Wildman–Crippen MR) is 42.2 cm³/mol. The van der Waals surface area contributed by atoms with Crippen molar-refractivity contribution in [2.24, 2.45) is 5.92 Å². The molecule has 0 radical (unpaired) electrons. The molecule has 0 aliphatic heterocycles. The van der Waals surface area contributed by atoms with Gasteiger partial charge in [-0.2, -0.15) is 0 Å². The van der Waals surface area contributed by atoms with E-state index in [1.165, 1.54) is 0 Å². The summed E-state index contributed by atoms with van der Waals surface area (Å²) in [6.07, 6.45) is 4.25. The number of aliphatic carboxylic acids is 1. The summed E-state index contributed by atoms with van der Waals surface area (Å²) in [5.74, 6) is -1.29. The summed E-state index contributed by atoms with van der Waals surface area (Å²) in [5.41, 5.74) is 0. The van der Waals surface area contributed by atoms with Gasteiger partial charge in [-0.1, -0.05) is 12.8 Å². The minimum atomic E-state index is -0.955. The van der Waals surface area contributed by atoms with Gasteiger partial charge in [0.1, 0.15) is 0 Å². The largest absolute Gasteiger partial charge is 1.00 e. The first-order chi connectivity index (χ1) is 5.70. The molecular weight excluding hydrogens is 179 g/mol.